The van der Waals surface area contributed by atoms with E-state index in [1.807, 2.05) is 0 Å². The molecule has 0 aromatic carbocycles. The summed E-state index contributed by atoms with van der Waals surface area (Å²) in [5.41, 5.74) is 0.507. The molecule has 0 radical (unpaired) electrons. The maximum absolute atomic E-state index is 4.32. The van der Waals surface area contributed by atoms with Crippen LogP contribution in [0.2, 0.25) is 0 Å². The van der Waals surface area contributed by atoms with Crippen LogP contribution in [-0.4, -0.2) is 27.4 Å². The van der Waals surface area contributed by atoms with Gasteiger partial charge >= 0.3 is 0 Å². The van der Waals surface area contributed by atoms with Crippen molar-refractivity contribution in [3.8, 4) is 0 Å². The van der Waals surface area contributed by atoms with Gasteiger partial charge in [0.15, 0.2) is 0 Å². The average Bonchev–Trinajstić information content (AvgIpc) is 2.95. The number of hydrogen-bond acceptors (Lipinski definition) is 3. The van der Waals surface area contributed by atoms with E-state index in [1.54, 1.807) is 0 Å². The molecule has 1 aromatic heterocycles. The Bertz CT molecular complexity index is 449. The van der Waals surface area contributed by atoms with Crippen molar-refractivity contribution in [1.29, 1.82) is 0 Å². The van der Waals surface area contributed by atoms with E-state index in [0.29, 0.717) is 11.5 Å². The summed E-state index contributed by atoms with van der Waals surface area (Å²) in [7, 11) is 0. The molecular formula is C15H26N4. The normalized spacial score (nSPS) is 28.8. The Morgan fingerprint density at radius 2 is 2.16 bits per heavy atom. The lowest BCUT2D eigenvalue weighted by Gasteiger charge is -2.18. The summed E-state index contributed by atoms with van der Waals surface area (Å²) >= 11 is 0. The molecule has 1 aliphatic heterocycles. The highest BCUT2D eigenvalue weighted by Gasteiger charge is 2.36. The molecule has 1 aromatic rings. The van der Waals surface area contributed by atoms with Crippen molar-refractivity contribution in [2.45, 2.75) is 65.5 Å². The molecule has 0 saturated heterocycles. The van der Waals surface area contributed by atoms with E-state index in [-0.39, 0.29) is 0 Å². The zero-order chi connectivity index (χ0) is 13.5. The SMILES string of the molecule is C[C@H]1CC(C)(C)C[C@@H]1NCCc1nnc2n1CCC2. The number of hydrogen-bond donors (Lipinski definition) is 1. The highest BCUT2D eigenvalue weighted by Crippen LogP contribution is 2.40. The number of aromatic nitrogens is 3. The van der Waals surface area contributed by atoms with E-state index >= 15 is 0 Å². The van der Waals surface area contributed by atoms with Gasteiger partial charge in [0.2, 0.25) is 0 Å². The second-order valence-corrected chi connectivity index (χ2v) is 7.15. The van der Waals surface area contributed by atoms with Crippen molar-refractivity contribution >= 4 is 0 Å². The van der Waals surface area contributed by atoms with E-state index in [4.69, 9.17) is 0 Å². The molecule has 19 heavy (non-hydrogen) atoms. The molecule has 2 heterocycles. The van der Waals surface area contributed by atoms with Crippen LogP contribution in [0, 0.1) is 11.3 Å². The third-order valence-electron chi connectivity index (χ3n) is 4.78. The molecule has 106 valence electrons. The molecular weight excluding hydrogens is 236 g/mol. The van der Waals surface area contributed by atoms with Crippen LogP contribution in [0.4, 0.5) is 0 Å². The number of nitrogens with zero attached hydrogens (tertiary/aromatic N) is 3. The first kappa shape index (κ1) is 13.1. The van der Waals surface area contributed by atoms with Gasteiger partial charge in [0.05, 0.1) is 0 Å². The molecule has 0 spiro atoms. The Morgan fingerprint density at radius 1 is 1.32 bits per heavy atom. The Kier molecular flexibility index (Phi) is 3.37. The lowest BCUT2D eigenvalue weighted by atomic mass is 9.91. The molecule has 3 rings (SSSR count). The Hall–Kier alpha value is -0.900. The van der Waals surface area contributed by atoms with Gasteiger partial charge in [-0.05, 0) is 30.6 Å². The molecule has 1 fully saturated rings. The standard InChI is InChI=1S/C15H26N4/c1-11-9-15(2,3)10-12(11)16-7-6-14-18-17-13-5-4-8-19(13)14/h11-12,16H,4-10H2,1-3H3/t11-,12-/m0/s1. The maximum atomic E-state index is 4.32. The van der Waals surface area contributed by atoms with Gasteiger partial charge in [-0.2, -0.15) is 0 Å². The fraction of sp³-hybridized carbons (Fsp3) is 0.867. The number of fused-ring (bicyclic) bond motifs is 1. The lowest BCUT2D eigenvalue weighted by molar-refractivity contribution is 0.362. The molecule has 2 atom stereocenters. The van der Waals surface area contributed by atoms with Crippen LogP contribution in [0.1, 0.15) is 51.7 Å². The first-order chi connectivity index (χ1) is 9.05. The van der Waals surface area contributed by atoms with E-state index in [2.05, 4.69) is 40.9 Å². The predicted molar refractivity (Wildman–Crippen MR) is 76.0 cm³/mol. The largest absolute Gasteiger partial charge is 0.315 e. The highest BCUT2D eigenvalue weighted by atomic mass is 15.3. The molecule has 1 aliphatic carbocycles. The summed E-state index contributed by atoms with van der Waals surface area (Å²) in [6, 6.07) is 0.677. The van der Waals surface area contributed by atoms with Crippen LogP contribution in [0.3, 0.4) is 0 Å². The molecule has 1 saturated carbocycles. The van der Waals surface area contributed by atoms with E-state index in [0.717, 1.165) is 31.8 Å². The van der Waals surface area contributed by atoms with Crippen molar-refractivity contribution in [3.05, 3.63) is 11.6 Å². The topological polar surface area (TPSA) is 42.7 Å². The summed E-state index contributed by atoms with van der Waals surface area (Å²) in [5.74, 6) is 3.15. The summed E-state index contributed by atoms with van der Waals surface area (Å²) in [4.78, 5) is 0. The average molecular weight is 262 g/mol. The van der Waals surface area contributed by atoms with E-state index < -0.39 is 0 Å². The Balaban J connectivity index is 1.51. The van der Waals surface area contributed by atoms with E-state index in [9.17, 15) is 0 Å². The molecule has 4 heteroatoms. The fourth-order valence-electron chi connectivity index (χ4n) is 3.93. The summed E-state index contributed by atoms with van der Waals surface area (Å²) < 4.78 is 2.31. The van der Waals surface area contributed by atoms with Crippen molar-refractivity contribution in [2.24, 2.45) is 11.3 Å². The zero-order valence-electron chi connectivity index (χ0n) is 12.4. The first-order valence-electron chi connectivity index (χ1n) is 7.69. The summed E-state index contributed by atoms with van der Waals surface area (Å²) in [6.45, 7) is 9.29. The van der Waals surface area contributed by atoms with Crippen LogP contribution in [0.5, 0.6) is 0 Å². The van der Waals surface area contributed by atoms with Gasteiger partial charge in [-0.25, -0.2) is 0 Å². The quantitative estimate of drug-likeness (QED) is 0.904. The number of aryl methyl sites for hydroxylation is 1. The molecule has 4 nitrogen and oxygen atoms in total. The van der Waals surface area contributed by atoms with Crippen molar-refractivity contribution in [1.82, 2.24) is 20.1 Å². The first-order valence-corrected chi connectivity index (χ1v) is 7.69. The Labute approximate surface area is 116 Å². The van der Waals surface area contributed by atoms with Crippen molar-refractivity contribution in [3.63, 3.8) is 0 Å². The van der Waals surface area contributed by atoms with Gasteiger partial charge in [0, 0.05) is 32.0 Å². The maximum Gasteiger partial charge on any atom is 0.134 e. The highest BCUT2D eigenvalue weighted by molar-refractivity contribution is 5.01. The predicted octanol–water partition coefficient (Wildman–Crippen LogP) is 2.18. The minimum Gasteiger partial charge on any atom is -0.315 e. The van der Waals surface area contributed by atoms with Gasteiger partial charge in [-0.3, -0.25) is 0 Å². The summed E-state index contributed by atoms with van der Waals surface area (Å²) in [6.07, 6.45) is 5.99. The zero-order valence-corrected chi connectivity index (χ0v) is 12.4. The molecule has 0 amide bonds. The van der Waals surface area contributed by atoms with Crippen LogP contribution in [0.25, 0.3) is 0 Å². The Morgan fingerprint density at radius 3 is 2.89 bits per heavy atom. The monoisotopic (exact) mass is 262 g/mol. The number of rotatable bonds is 4. The molecule has 2 aliphatic rings. The van der Waals surface area contributed by atoms with Gasteiger partial charge in [0.25, 0.3) is 0 Å². The molecule has 0 unspecified atom stereocenters. The third-order valence-corrected chi connectivity index (χ3v) is 4.78. The van der Waals surface area contributed by atoms with Crippen LogP contribution in [-0.2, 0) is 19.4 Å². The van der Waals surface area contributed by atoms with Gasteiger partial charge in [0.1, 0.15) is 11.6 Å². The lowest BCUT2D eigenvalue weighted by Crippen LogP contribution is -2.33. The van der Waals surface area contributed by atoms with E-state index in [1.165, 1.54) is 30.9 Å². The van der Waals surface area contributed by atoms with Crippen LogP contribution >= 0.6 is 0 Å². The van der Waals surface area contributed by atoms with Crippen LogP contribution < -0.4 is 5.32 Å². The smallest absolute Gasteiger partial charge is 0.134 e. The van der Waals surface area contributed by atoms with Gasteiger partial charge < -0.3 is 9.88 Å². The second kappa shape index (κ2) is 4.89. The van der Waals surface area contributed by atoms with Crippen molar-refractivity contribution in [2.75, 3.05) is 6.54 Å². The third kappa shape index (κ3) is 2.69. The minimum absolute atomic E-state index is 0.507. The van der Waals surface area contributed by atoms with Gasteiger partial charge in [-0.15, -0.1) is 10.2 Å². The second-order valence-electron chi connectivity index (χ2n) is 7.15. The minimum atomic E-state index is 0.507. The number of nitrogens with one attached hydrogen (secondary N) is 1. The molecule has 1 N–H and O–H groups in total. The van der Waals surface area contributed by atoms with Gasteiger partial charge in [-0.1, -0.05) is 20.8 Å². The molecule has 0 bridgehead atoms. The van der Waals surface area contributed by atoms with Crippen molar-refractivity contribution < 1.29 is 0 Å². The fourth-order valence-corrected chi connectivity index (χ4v) is 3.93. The summed E-state index contributed by atoms with van der Waals surface area (Å²) in [5, 5.41) is 12.3. The van der Waals surface area contributed by atoms with Crippen LogP contribution in [0.15, 0.2) is 0 Å².